The molecular weight excluding hydrogens is 936 g/mol. The van der Waals surface area contributed by atoms with E-state index >= 15 is 0 Å². The molecule has 2 aromatic heterocycles. The summed E-state index contributed by atoms with van der Waals surface area (Å²) in [6, 6.07) is 14.0. The zero-order valence-electron chi connectivity index (χ0n) is 40.5. The molecule has 19 heteroatoms. The van der Waals surface area contributed by atoms with Crippen molar-refractivity contribution in [2.75, 3.05) is 82.9 Å². The number of aldehydes is 3. The Morgan fingerprint density at radius 1 is 0.943 bits per heavy atom. The lowest BCUT2D eigenvalue weighted by Gasteiger charge is -2.61. The van der Waals surface area contributed by atoms with Crippen LogP contribution in [0.1, 0.15) is 95.9 Å². The van der Waals surface area contributed by atoms with E-state index in [1.807, 2.05) is 26.0 Å². The van der Waals surface area contributed by atoms with Crippen molar-refractivity contribution in [1.29, 1.82) is 5.41 Å². The van der Waals surface area contributed by atoms with Crippen LogP contribution in [0, 0.1) is 16.7 Å². The van der Waals surface area contributed by atoms with Gasteiger partial charge in [-0.15, -0.1) is 0 Å². The van der Waals surface area contributed by atoms with E-state index in [0.29, 0.717) is 100 Å². The molecule has 5 N–H and O–H groups in total. The van der Waals surface area contributed by atoms with Gasteiger partial charge in [0.1, 0.15) is 30.2 Å². The fourth-order valence-electron chi connectivity index (χ4n) is 8.61. The summed E-state index contributed by atoms with van der Waals surface area (Å²) in [7, 11) is 5.35. The van der Waals surface area contributed by atoms with Crippen LogP contribution in [0.15, 0.2) is 67.1 Å². The zero-order chi connectivity index (χ0) is 51.0. The molecule has 3 aliphatic rings. The molecule has 3 fully saturated rings. The Morgan fingerprint density at radius 3 is 2.21 bits per heavy atom. The highest BCUT2D eigenvalue weighted by Crippen LogP contribution is 2.42. The van der Waals surface area contributed by atoms with E-state index < -0.39 is 6.10 Å². The lowest BCUT2D eigenvalue weighted by molar-refractivity contribution is -0.151. The number of nitrogen functional groups attached to an aromatic ring is 1. The van der Waals surface area contributed by atoms with Gasteiger partial charge >= 0.3 is 0 Å². The maximum atomic E-state index is 12.9. The second-order valence-electron chi connectivity index (χ2n) is 18.0. The van der Waals surface area contributed by atoms with Crippen molar-refractivity contribution in [3.8, 4) is 5.75 Å². The highest BCUT2D eigenvalue weighted by Gasteiger charge is 2.54. The number of anilines is 3. The topological polar surface area (TPSA) is 224 Å². The first-order valence-electron chi connectivity index (χ1n) is 23.3. The summed E-state index contributed by atoms with van der Waals surface area (Å²) in [5.41, 5.74) is 10.4. The molecule has 0 aliphatic carbocycles. The third-order valence-corrected chi connectivity index (χ3v) is 13.4. The number of likely N-dealkylation sites (tertiary alicyclic amines) is 2. The molecule has 1 spiro atoms. The van der Waals surface area contributed by atoms with Crippen molar-refractivity contribution in [3.05, 3.63) is 105 Å². The van der Waals surface area contributed by atoms with Crippen molar-refractivity contribution in [3.63, 3.8) is 0 Å². The van der Waals surface area contributed by atoms with Gasteiger partial charge in [-0.3, -0.25) is 29.6 Å². The number of nitrogens with one attached hydrogen (secondary N) is 3. The molecule has 2 atom stereocenters. The molecule has 0 radical (unpaired) electrons. The number of amides is 3. The molecule has 3 amide bonds. The first-order valence-corrected chi connectivity index (χ1v) is 24.1. The SMILES string of the molecule is CC(CCC=O)N(C)C(=O)c1ccc(NCCCC=O)cc1C=O.CNC=O.C[C@@H](Oc1ccc(N)c(C(=N)c2ccc(N3CC4(CN(C(=O)C5CCN(C)CC5)C4)C3)nc2)c1)c1c(Cl)cncc1Cl. The summed E-state index contributed by atoms with van der Waals surface area (Å²) in [6.07, 6.45) is 11.4. The number of carbonyl (C=O) groups excluding carboxylic acids is 6. The number of pyridine rings is 2. The van der Waals surface area contributed by atoms with E-state index in [9.17, 15) is 24.0 Å². The second kappa shape index (κ2) is 26.0. The second-order valence-corrected chi connectivity index (χ2v) is 18.8. The Morgan fingerprint density at radius 2 is 1.61 bits per heavy atom. The van der Waals surface area contributed by atoms with Crippen LogP contribution in [0.4, 0.5) is 17.2 Å². The molecule has 4 aromatic rings. The monoisotopic (exact) mass is 998 g/mol. The van der Waals surface area contributed by atoms with Crippen LogP contribution in [0.25, 0.3) is 0 Å². The van der Waals surface area contributed by atoms with E-state index in [2.05, 4.69) is 42.3 Å². The van der Waals surface area contributed by atoms with Gasteiger partial charge in [0.25, 0.3) is 5.91 Å². The predicted octanol–water partition coefficient (Wildman–Crippen LogP) is 6.60. The van der Waals surface area contributed by atoms with Crippen LogP contribution in [-0.4, -0.2) is 140 Å². The van der Waals surface area contributed by atoms with E-state index in [1.165, 1.54) is 12.4 Å². The molecule has 0 saturated carbocycles. The molecule has 7 rings (SSSR count). The zero-order valence-corrected chi connectivity index (χ0v) is 42.0. The lowest BCUT2D eigenvalue weighted by Crippen LogP contribution is -2.73. The molecule has 2 aromatic carbocycles. The molecule has 5 heterocycles. The van der Waals surface area contributed by atoms with Gasteiger partial charge in [-0.1, -0.05) is 23.2 Å². The van der Waals surface area contributed by atoms with Crippen LogP contribution >= 0.6 is 23.2 Å². The number of rotatable bonds is 19. The van der Waals surface area contributed by atoms with Crippen LogP contribution in [0.2, 0.25) is 10.0 Å². The van der Waals surface area contributed by atoms with Gasteiger partial charge in [0.2, 0.25) is 12.3 Å². The van der Waals surface area contributed by atoms with Crippen molar-refractivity contribution in [2.45, 2.75) is 64.5 Å². The summed E-state index contributed by atoms with van der Waals surface area (Å²) in [5, 5.41) is 15.1. The molecular formula is C51H64Cl2N10O7. The molecule has 17 nitrogen and oxygen atoms in total. The maximum Gasteiger partial charge on any atom is 0.254 e. The van der Waals surface area contributed by atoms with Crippen LogP contribution in [-0.2, 0) is 19.2 Å². The lowest BCUT2D eigenvalue weighted by atomic mass is 9.72. The number of unbranched alkanes of at least 4 members (excludes halogenated alkanes) is 1. The summed E-state index contributed by atoms with van der Waals surface area (Å²) in [4.78, 5) is 83.4. The highest BCUT2D eigenvalue weighted by atomic mass is 35.5. The molecule has 70 heavy (non-hydrogen) atoms. The molecule has 3 saturated heterocycles. The minimum absolute atomic E-state index is 0.0941. The summed E-state index contributed by atoms with van der Waals surface area (Å²) in [5.74, 6) is 1.69. The Balaban J connectivity index is 0.000000277. The van der Waals surface area contributed by atoms with Gasteiger partial charge in [-0.2, -0.15) is 0 Å². The fourth-order valence-corrected chi connectivity index (χ4v) is 9.28. The number of hydrogen-bond donors (Lipinski definition) is 4. The van der Waals surface area contributed by atoms with E-state index in [-0.39, 0.29) is 29.0 Å². The van der Waals surface area contributed by atoms with Crippen LogP contribution < -0.4 is 26.0 Å². The Kier molecular flexibility index (Phi) is 20.2. The van der Waals surface area contributed by atoms with Gasteiger partial charge in [0.05, 0.1) is 21.3 Å². The van der Waals surface area contributed by atoms with Gasteiger partial charge in [-0.05, 0) is 108 Å². The van der Waals surface area contributed by atoms with E-state index in [1.54, 1.807) is 61.6 Å². The minimum Gasteiger partial charge on any atom is -0.486 e. The summed E-state index contributed by atoms with van der Waals surface area (Å²) in [6.45, 7) is 9.81. The van der Waals surface area contributed by atoms with Gasteiger partial charge in [0, 0.05) is 129 Å². The van der Waals surface area contributed by atoms with Crippen LogP contribution in [0.5, 0.6) is 5.75 Å². The van der Waals surface area contributed by atoms with Crippen molar-refractivity contribution in [2.24, 2.45) is 11.3 Å². The molecule has 3 aliphatic heterocycles. The normalized spacial score (nSPS) is 15.8. The molecule has 374 valence electrons. The minimum atomic E-state index is -0.436. The number of hydrogen-bond acceptors (Lipinski definition) is 14. The average Bonchev–Trinajstić information content (AvgIpc) is 3.34. The number of benzene rings is 2. The standard InChI is InChI=1S/C31H35Cl2N7O2.C18H24N2O4.C2H5NO/c1-19(28-24(32)13-36-14-25(28)33)42-22-4-5-26(34)23(11-22)29(35)21-3-6-27(37-12-21)39-15-31(16-39)17-40(18-31)30(41)20-7-9-38(2)10-8-20;1-14(6-5-11-22)20(2)18(24)17-8-7-16(12-15(17)13-23)19-9-3-4-10-21;1-3-2-4/h3-6,11-14,19-20,35H,7-10,15-18,34H2,1-2H3;7-8,10-14,19H,3-6,9H2,1-2H3;2H,1H3,(H,3,4)/t19-;;/m1../s1. The van der Waals surface area contributed by atoms with E-state index in [4.69, 9.17) is 43.9 Å². The number of aromatic nitrogens is 2. The maximum absolute atomic E-state index is 12.9. The quantitative estimate of drug-likeness (QED) is 0.0337. The highest BCUT2D eigenvalue weighted by molar-refractivity contribution is 6.35. The predicted molar refractivity (Wildman–Crippen MR) is 273 cm³/mol. The Labute approximate surface area is 419 Å². The third kappa shape index (κ3) is 14.1. The fraction of sp³-hybridized carbons (Fsp3) is 0.431. The van der Waals surface area contributed by atoms with Crippen molar-refractivity contribution >= 4 is 83.2 Å². The van der Waals surface area contributed by atoms with Gasteiger partial charge in [-0.25, -0.2) is 4.98 Å². The first-order chi connectivity index (χ1) is 33.6. The number of carbonyl (C=O) groups is 6. The number of piperidine rings is 1. The number of nitrogens with zero attached hydrogens (tertiary/aromatic N) is 6. The third-order valence-electron chi connectivity index (χ3n) is 12.8. The number of halogens is 2. The molecule has 1 unspecified atom stereocenters. The van der Waals surface area contributed by atoms with Crippen molar-refractivity contribution in [1.82, 2.24) is 30.0 Å². The Bertz CT molecular complexity index is 2440. The molecule has 0 bridgehead atoms. The number of ether oxygens (including phenoxy) is 1. The van der Waals surface area contributed by atoms with E-state index in [0.717, 1.165) is 76.2 Å². The smallest absolute Gasteiger partial charge is 0.254 e. The largest absolute Gasteiger partial charge is 0.486 e. The van der Waals surface area contributed by atoms with Crippen LogP contribution in [0.3, 0.4) is 0 Å². The first kappa shape index (κ1) is 54.5. The average molecular weight is 1000 g/mol. The summed E-state index contributed by atoms with van der Waals surface area (Å²) >= 11 is 12.6. The number of nitrogens with two attached hydrogens (primary N) is 1. The van der Waals surface area contributed by atoms with Gasteiger partial charge < -0.3 is 50.3 Å². The van der Waals surface area contributed by atoms with Crippen molar-refractivity contribution < 1.29 is 33.5 Å². The summed E-state index contributed by atoms with van der Waals surface area (Å²) < 4.78 is 6.12. The Hall–Kier alpha value is -6.43. The van der Waals surface area contributed by atoms with Gasteiger partial charge in [0.15, 0.2) is 6.29 Å².